The fourth-order valence-corrected chi connectivity index (χ4v) is 2.46. The molecule has 20 heavy (non-hydrogen) atoms. The molecule has 0 aliphatic carbocycles. The van der Waals surface area contributed by atoms with Crippen LogP contribution in [0.5, 0.6) is 0 Å². The van der Waals surface area contributed by atoms with Gasteiger partial charge in [0.1, 0.15) is 0 Å². The zero-order chi connectivity index (χ0) is 14.5. The summed E-state index contributed by atoms with van der Waals surface area (Å²) in [6, 6.07) is 14.7. The van der Waals surface area contributed by atoms with Crippen molar-refractivity contribution in [1.29, 1.82) is 0 Å². The Balaban J connectivity index is 2.11. The van der Waals surface area contributed by atoms with Gasteiger partial charge in [0, 0.05) is 28.7 Å². The highest BCUT2D eigenvalue weighted by molar-refractivity contribution is 9.10. The van der Waals surface area contributed by atoms with Crippen LogP contribution >= 0.6 is 15.9 Å². The quantitative estimate of drug-likeness (QED) is 0.658. The number of rotatable bonds is 5. The molecular formula is C15H15BrN2O2. The second-order valence-electron chi connectivity index (χ2n) is 4.51. The lowest BCUT2D eigenvalue weighted by molar-refractivity contribution is -0.385. The Hall–Kier alpha value is -1.72. The van der Waals surface area contributed by atoms with Gasteiger partial charge < -0.3 is 5.32 Å². The van der Waals surface area contributed by atoms with E-state index in [2.05, 4.69) is 21.2 Å². The van der Waals surface area contributed by atoms with Crippen LogP contribution < -0.4 is 5.32 Å². The van der Waals surface area contributed by atoms with Crippen LogP contribution in [0.3, 0.4) is 0 Å². The summed E-state index contributed by atoms with van der Waals surface area (Å²) in [5, 5.41) is 14.3. The average Bonchev–Trinajstić information content (AvgIpc) is 2.46. The molecule has 0 aromatic heterocycles. The van der Waals surface area contributed by atoms with Crippen LogP contribution in [0.15, 0.2) is 53.0 Å². The van der Waals surface area contributed by atoms with Crippen molar-refractivity contribution in [2.45, 2.75) is 19.5 Å². The van der Waals surface area contributed by atoms with Crippen LogP contribution in [0.2, 0.25) is 0 Å². The van der Waals surface area contributed by atoms with Crippen LogP contribution in [0.1, 0.15) is 24.1 Å². The first kappa shape index (κ1) is 14.7. The van der Waals surface area contributed by atoms with Gasteiger partial charge in [0.05, 0.1) is 4.92 Å². The Morgan fingerprint density at radius 2 is 1.85 bits per heavy atom. The fraction of sp³-hybridized carbons (Fsp3) is 0.200. The standard InChI is InChI=1S/C15H15BrN2O2/c1-11(13-7-3-5-9-15(13)18(19)20)17-10-12-6-2-4-8-14(12)16/h2-9,11,17H,10H2,1H3. The van der Waals surface area contributed by atoms with E-state index in [0.717, 1.165) is 10.0 Å². The highest BCUT2D eigenvalue weighted by atomic mass is 79.9. The first-order valence-corrected chi connectivity index (χ1v) is 7.09. The highest BCUT2D eigenvalue weighted by Crippen LogP contribution is 2.25. The zero-order valence-electron chi connectivity index (χ0n) is 11.0. The molecule has 2 aromatic carbocycles. The predicted octanol–water partition coefficient (Wildman–Crippen LogP) is 4.21. The molecule has 0 aliphatic heterocycles. The van der Waals surface area contributed by atoms with Gasteiger partial charge in [-0.25, -0.2) is 0 Å². The molecule has 1 unspecified atom stereocenters. The molecule has 0 amide bonds. The molecule has 1 atom stereocenters. The molecule has 5 heteroatoms. The summed E-state index contributed by atoms with van der Waals surface area (Å²) in [4.78, 5) is 10.7. The van der Waals surface area contributed by atoms with E-state index < -0.39 is 0 Å². The minimum absolute atomic E-state index is 0.0938. The van der Waals surface area contributed by atoms with Crippen molar-refractivity contribution < 1.29 is 4.92 Å². The number of nitrogens with zero attached hydrogens (tertiary/aromatic N) is 1. The lowest BCUT2D eigenvalue weighted by Gasteiger charge is -2.15. The molecule has 1 N–H and O–H groups in total. The van der Waals surface area contributed by atoms with Gasteiger partial charge in [-0.1, -0.05) is 52.3 Å². The van der Waals surface area contributed by atoms with E-state index >= 15 is 0 Å². The number of hydrogen-bond donors (Lipinski definition) is 1. The fourth-order valence-electron chi connectivity index (χ4n) is 2.03. The monoisotopic (exact) mass is 334 g/mol. The molecule has 0 saturated heterocycles. The molecule has 0 aliphatic rings. The maximum atomic E-state index is 11.0. The molecule has 2 rings (SSSR count). The molecule has 0 saturated carbocycles. The van der Waals surface area contributed by atoms with Crippen molar-refractivity contribution in [3.63, 3.8) is 0 Å². The van der Waals surface area contributed by atoms with Crippen LogP contribution in [0, 0.1) is 10.1 Å². The van der Waals surface area contributed by atoms with Crippen molar-refractivity contribution >= 4 is 21.6 Å². The van der Waals surface area contributed by atoms with Crippen LogP contribution in [-0.2, 0) is 6.54 Å². The third kappa shape index (κ3) is 3.43. The largest absolute Gasteiger partial charge is 0.306 e. The van der Waals surface area contributed by atoms with Gasteiger partial charge in [-0.15, -0.1) is 0 Å². The Kier molecular flexibility index (Phi) is 4.87. The second kappa shape index (κ2) is 6.63. The van der Waals surface area contributed by atoms with E-state index in [0.29, 0.717) is 12.1 Å². The van der Waals surface area contributed by atoms with E-state index in [1.807, 2.05) is 37.3 Å². The maximum Gasteiger partial charge on any atom is 0.274 e. The predicted molar refractivity (Wildman–Crippen MR) is 82.5 cm³/mol. The summed E-state index contributed by atoms with van der Waals surface area (Å²) >= 11 is 3.49. The number of hydrogen-bond acceptors (Lipinski definition) is 3. The summed E-state index contributed by atoms with van der Waals surface area (Å²) in [5.41, 5.74) is 1.97. The molecule has 0 radical (unpaired) electrons. The summed E-state index contributed by atoms with van der Waals surface area (Å²) in [5.74, 6) is 0. The van der Waals surface area contributed by atoms with Gasteiger partial charge >= 0.3 is 0 Å². The highest BCUT2D eigenvalue weighted by Gasteiger charge is 2.17. The lowest BCUT2D eigenvalue weighted by atomic mass is 10.1. The van der Waals surface area contributed by atoms with Crippen LogP contribution in [-0.4, -0.2) is 4.92 Å². The molecule has 0 spiro atoms. The molecule has 2 aromatic rings. The number of benzene rings is 2. The van der Waals surface area contributed by atoms with Gasteiger partial charge in [0.25, 0.3) is 5.69 Å². The smallest absolute Gasteiger partial charge is 0.274 e. The SMILES string of the molecule is CC(NCc1ccccc1Br)c1ccccc1[N+](=O)[O-]. The third-order valence-corrected chi connectivity index (χ3v) is 3.93. The molecule has 0 bridgehead atoms. The first-order chi connectivity index (χ1) is 9.59. The van der Waals surface area contributed by atoms with Crippen molar-refractivity contribution in [3.8, 4) is 0 Å². The second-order valence-corrected chi connectivity index (χ2v) is 5.36. The topological polar surface area (TPSA) is 55.2 Å². The summed E-state index contributed by atoms with van der Waals surface area (Å²) in [7, 11) is 0. The van der Waals surface area contributed by atoms with Gasteiger partial charge in [-0.05, 0) is 18.6 Å². The van der Waals surface area contributed by atoms with E-state index in [4.69, 9.17) is 0 Å². The summed E-state index contributed by atoms with van der Waals surface area (Å²) in [6.07, 6.45) is 0. The van der Waals surface area contributed by atoms with Gasteiger partial charge in [0.15, 0.2) is 0 Å². The minimum Gasteiger partial charge on any atom is -0.306 e. The van der Waals surface area contributed by atoms with Gasteiger partial charge in [0.2, 0.25) is 0 Å². The molecule has 4 nitrogen and oxygen atoms in total. The Morgan fingerprint density at radius 3 is 2.55 bits per heavy atom. The summed E-state index contributed by atoms with van der Waals surface area (Å²) in [6.45, 7) is 2.58. The minimum atomic E-state index is -0.341. The molecule has 0 heterocycles. The molecule has 0 fully saturated rings. The Labute approximate surface area is 126 Å². The van der Waals surface area contributed by atoms with E-state index in [9.17, 15) is 10.1 Å². The van der Waals surface area contributed by atoms with Crippen molar-refractivity contribution in [1.82, 2.24) is 5.32 Å². The van der Waals surface area contributed by atoms with Crippen molar-refractivity contribution in [2.75, 3.05) is 0 Å². The van der Waals surface area contributed by atoms with Gasteiger partial charge in [-0.3, -0.25) is 10.1 Å². The molecular weight excluding hydrogens is 320 g/mol. The number of halogens is 1. The molecule has 104 valence electrons. The van der Waals surface area contributed by atoms with E-state index in [1.54, 1.807) is 12.1 Å². The number of para-hydroxylation sites is 1. The van der Waals surface area contributed by atoms with E-state index in [-0.39, 0.29) is 16.7 Å². The summed E-state index contributed by atoms with van der Waals surface area (Å²) < 4.78 is 1.03. The number of nitrogens with one attached hydrogen (secondary N) is 1. The first-order valence-electron chi connectivity index (χ1n) is 6.29. The number of nitro benzene ring substituents is 1. The lowest BCUT2D eigenvalue weighted by Crippen LogP contribution is -2.19. The van der Waals surface area contributed by atoms with Gasteiger partial charge in [-0.2, -0.15) is 0 Å². The third-order valence-electron chi connectivity index (χ3n) is 3.16. The van der Waals surface area contributed by atoms with Crippen LogP contribution in [0.25, 0.3) is 0 Å². The average molecular weight is 335 g/mol. The maximum absolute atomic E-state index is 11.0. The van der Waals surface area contributed by atoms with Crippen molar-refractivity contribution in [3.05, 3.63) is 74.2 Å². The van der Waals surface area contributed by atoms with E-state index in [1.165, 1.54) is 6.07 Å². The zero-order valence-corrected chi connectivity index (χ0v) is 12.6. The Bertz CT molecular complexity index is 616. The Morgan fingerprint density at radius 1 is 1.20 bits per heavy atom. The number of nitro groups is 1. The van der Waals surface area contributed by atoms with Crippen LogP contribution in [0.4, 0.5) is 5.69 Å². The normalized spacial score (nSPS) is 12.1. The van der Waals surface area contributed by atoms with Crippen molar-refractivity contribution in [2.24, 2.45) is 0 Å².